The van der Waals surface area contributed by atoms with Gasteiger partial charge < -0.3 is 9.47 Å². The molecule has 1 N–H and O–H groups in total. The average Bonchev–Trinajstić information content (AvgIpc) is 2.59. The fraction of sp³-hybridized carbons (Fsp3) is 0.222. The average molecular weight is 312 g/mol. The monoisotopic (exact) mass is 312 g/mol. The van der Waals surface area contributed by atoms with Crippen LogP contribution in [0.25, 0.3) is 0 Å². The van der Waals surface area contributed by atoms with Crippen LogP contribution in [0.2, 0.25) is 0 Å². The van der Waals surface area contributed by atoms with Crippen LogP contribution < -0.4 is 14.9 Å². The first-order valence-electron chi connectivity index (χ1n) is 7.23. The third kappa shape index (κ3) is 4.57. The third-order valence-electron chi connectivity index (χ3n) is 3.36. The van der Waals surface area contributed by atoms with Crippen molar-refractivity contribution in [2.45, 2.75) is 13.3 Å². The molecule has 5 nitrogen and oxygen atoms in total. The number of rotatable bonds is 6. The first kappa shape index (κ1) is 16.5. The van der Waals surface area contributed by atoms with Crippen LogP contribution in [0.3, 0.4) is 0 Å². The van der Waals surface area contributed by atoms with Gasteiger partial charge in [0.2, 0.25) is 5.91 Å². The first-order valence-corrected chi connectivity index (χ1v) is 7.23. The van der Waals surface area contributed by atoms with Gasteiger partial charge in [0.15, 0.2) is 11.5 Å². The number of hydrogen-bond acceptors (Lipinski definition) is 4. The predicted octanol–water partition coefficient (Wildman–Crippen LogP) is 2.79. The van der Waals surface area contributed by atoms with Crippen molar-refractivity contribution in [2.75, 3.05) is 14.2 Å². The Morgan fingerprint density at radius 3 is 2.39 bits per heavy atom. The highest BCUT2D eigenvalue weighted by atomic mass is 16.5. The van der Waals surface area contributed by atoms with Crippen LogP contribution in [0.5, 0.6) is 11.5 Å². The summed E-state index contributed by atoms with van der Waals surface area (Å²) in [6, 6.07) is 15.0. The molecule has 0 aliphatic rings. The second kappa shape index (κ2) is 7.98. The van der Waals surface area contributed by atoms with E-state index in [1.54, 1.807) is 20.3 Å². The highest BCUT2D eigenvalue weighted by Crippen LogP contribution is 2.27. The highest BCUT2D eigenvalue weighted by molar-refractivity contribution is 5.99. The molecular weight excluding hydrogens is 292 g/mol. The van der Waals surface area contributed by atoms with E-state index in [9.17, 15) is 4.79 Å². The van der Waals surface area contributed by atoms with E-state index in [1.807, 2.05) is 49.4 Å². The van der Waals surface area contributed by atoms with E-state index >= 15 is 0 Å². The summed E-state index contributed by atoms with van der Waals surface area (Å²) in [5.41, 5.74) is 5.06. The van der Waals surface area contributed by atoms with E-state index in [2.05, 4.69) is 10.5 Å². The zero-order valence-corrected chi connectivity index (χ0v) is 13.5. The van der Waals surface area contributed by atoms with Crippen molar-refractivity contribution in [1.82, 2.24) is 5.43 Å². The number of carbonyl (C=O) groups is 1. The molecule has 0 saturated carbocycles. The molecular formula is C18H20N2O3. The van der Waals surface area contributed by atoms with Gasteiger partial charge in [0.25, 0.3) is 0 Å². The molecule has 0 heterocycles. The summed E-state index contributed by atoms with van der Waals surface area (Å²) < 4.78 is 10.5. The number of benzene rings is 2. The molecule has 23 heavy (non-hydrogen) atoms. The number of amides is 1. The van der Waals surface area contributed by atoms with Crippen molar-refractivity contribution in [3.8, 4) is 11.5 Å². The Morgan fingerprint density at radius 1 is 1.04 bits per heavy atom. The number of carbonyl (C=O) groups excluding carboxylic acids is 1. The fourth-order valence-electron chi connectivity index (χ4n) is 2.09. The van der Waals surface area contributed by atoms with E-state index in [0.29, 0.717) is 23.6 Å². The van der Waals surface area contributed by atoms with Gasteiger partial charge in [0.1, 0.15) is 0 Å². The van der Waals surface area contributed by atoms with Crippen LogP contribution in [0.15, 0.2) is 53.6 Å². The van der Waals surface area contributed by atoms with Gasteiger partial charge in [-0.25, -0.2) is 5.43 Å². The predicted molar refractivity (Wildman–Crippen MR) is 90.0 cm³/mol. The minimum atomic E-state index is -0.156. The van der Waals surface area contributed by atoms with Gasteiger partial charge in [0.05, 0.1) is 26.4 Å². The standard InChI is InChI=1S/C18H20N2O3/c1-13(15-9-10-16(22-2)17(12-15)23-3)19-20-18(21)11-14-7-5-4-6-8-14/h4-10,12H,11H2,1-3H3,(H,20,21)/b19-13+. The smallest absolute Gasteiger partial charge is 0.244 e. The molecule has 0 radical (unpaired) electrons. The summed E-state index contributed by atoms with van der Waals surface area (Å²) in [7, 11) is 3.16. The highest BCUT2D eigenvalue weighted by Gasteiger charge is 2.07. The summed E-state index contributed by atoms with van der Waals surface area (Å²) in [4.78, 5) is 11.9. The van der Waals surface area contributed by atoms with Crippen molar-refractivity contribution in [2.24, 2.45) is 5.10 Å². The van der Waals surface area contributed by atoms with E-state index in [-0.39, 0.29) is 5.91 Å². The SMILES string of the molecule is COc1ccc(/C(C)=N/NC(=O)Cc2ccccc2)cc1OC. The Morgan fingerprint density at radius 2 is 1.74 bits per heavy atom. The molecule has 2 aromatic rings. The molecule has 1 amide bonds. The summed E-state index contributed by atoms with van der Waals surface area (Å²) in [5, 5.41) is 4.14. The number of ether oxygens (including phenoxy) is 2. The van der Waals surface area contributed by atoms with Gasteiger partial charge in [-0.1, -0.05) is 30.3 Å². The normalized spacial score (nSPS) is 11.0. The number of nitrogens with one attached hydrogen (secondary N) is 1. The van der Waals surface area contributed by atoms with Crippen LogP contribution in [0, 0.1) is 0 Å². The van der Waals surface area contributed by atoms with Crippen LogP contribution in [-0.2, 0) is 11.2 Å². The van der Waals surface area contributed by atoms with E-state index in [4.69, 9.17) is 9.47 Å². The number of methoxy groups -OCH3 is 2. The molecule has 120 valence electrons. The molecule has 2 aromatic carbocycles. The van der Waals surface area contributed by atoms with Gasteiger partial charge in [-0.05, 0) is 30.7 Å². The molecule has 0 aliphatic carbocycles. The zero-order chi connectivity index (χ0) is 16.7. The number of hydrazone groups is 1. The molecule has 0 saturated heterocycles. The summed E-state index contributed by atoms with van der Waals surface area (Å²) in [5.74, 6) is 1.11. The van der Waals surface area contributed by atoms with Gasteiger partial charge in [-0.3, -0.25) is 4.79 Å². The lowest BCUT2D eigenvalue weighted by Crippen LogP contribution is -2.21. The van der Waals surface area contributed by atoms with E-state index < -0.39 is 0 Å². The summed E-state index contributed by atoms with van der Waals surface area (Å²) in [6.07, 6.45) is 0.295. The Labute approximate surface area is 135 Å². The maximum atomic E-state index is 11.9. The van der Waals surface area contributed by atoms with Gasteiger partial charge in [-0.15, -0.1) is 0 Å². The molecule has 0 atom stereocenters. The van der Waals surface area contributed by atoms with Crippen molar-refractivity contribution >= 4 is 11.6 Å². The van der Waals surface area contributed by atoms with Gasteiger partial charge >= 0.3 is 0 Å². The van der Waals surface area contributed by atoms with Crippen LogP contribution in [0.1, 0.15) is 18.1 Å². The lowest BCUT2D eigenvalue weighted by atomic mass is 10.1. The second-order valence-electron chi connectivity index (χ2n) is 4.96. The van der Waals surface area contributed by atoms with Crippen LogP contribution in [0.4, 0.5) is 0 Å². The van der Waals surface area contributed by atoms with Crippen molar-refractivity contribution in [3.63, 3.8) is 0 Å². The van der Waals surface area contributed by atoms with Crippen molar-refractivity contribution < 1.29 is 14.3 Å². The fourth-order valence-corrected chi connectivity index (χ4v) is 2.09. The Bertz CT molecular complexity index is 697. The third-order valence-corrected chi connectivity index (χ3v) is 3.36. The Hall–Kier alpha value is -2.82. The van der Waals surface area contributed by atoms with E-state index in [0.717, 1.165) is 11.1 Å². The first-order chi connectivity index (χ1) is 11.1. The van der Waals surface area contributed by atoms with E-state index in [1.165, 1.54) is 0 Å². The largest absolute Gasteiger partial charge is 0.493 e. The minimum absolute atomic E-state index is 0.156. The minimum Gasteiger partial charge on any atom is -0.493 e. The summed E-state index contributed by atoms with van der Waals surface area (Å²) in [6.45, 7) is 1.82. The summed E-state index contributed by atoms with van der Waals surface area (Å²) >= 11 is 0. The molecule has 2 rings (SSSR count). The van der Waals surface area contributed by atoms with Crippen LogP contribution in [-0.4, -0.2) is 25.8 Å². The lowest BCUT2D eigenvalue weighted by molar-refractivity contribution is -0.120. The topological polar surface area (TPSA) is 59.9 Å². The molecule has 0 bridgehead atoms. The molecule has 0 unspecified atom stereocenters. The van der Waals surface area contributed by atoms with Crippen LogP contribution >= 0.6 is 0 Å². The quantitative estimate of drug-likeness (QED) is 0.659. The van der Waals surface area contributed by atoms with Gasteiger partial charge in [0, 0.05) is 5.56 Å². The maximum Gasteiger partial charge on any atom is 0.244 e. The second-order valence-corrected chi connectivity index (χ2v) is 4.96. The number of nitrogens with zero attached hydrogens (tertiary/aromatic N) is 1. The van der Waals surface area contributed by atoms with Gasteiger partial charge in [-0.2, -0.15) is 5.10 Å². The molecule has 0 aromatic heterocycles. The molecule has 0 fully saturated rings. The van der Waals surface area contributed by atoms with Crippen molar-refractivity contribution in [1.29, 1.82) is 0 Å². The Kier molecular flexibility index (Phi) is 5.74. The molecule has 0 aliphatic heterocycles. The molecule has 5 heteroatoms. The Balaban J connectivity index is 2.03. The maximum absolute atomic E-state index is 11.9. The zero-order valence-electron chi connectivity index (χ0n) is 13.5. The number of hydrogen-bond donors (Lipinski definition) is 1. The molecule has 0 spiro atoms. The lowest BCUT2D eigenvalue weighted by Gasteiger charge is -2.09. The van der Waals surface area contributed by atoms with Crippen molar-refractivity contribution in [3.05, 3.63) is 59.7 Å².